The molecule has 0 saturated carbocycles. The van der Waals surface area contributed by atoms with E-state index in [1.165, 1.54) is 0 Å². The first-order valence-electron chi connectivity index (χ1n) is 8.20. The number of imidazole rings is 2. The fourth-order valence-corrected chi connectivity index (χ4v) is 3.55. The number of hydrogen-bond acceptors (Lipinski definition) is 6. The van der Waals surface area contributed by atoms with Gasteiger partial charge in [0.1, 0.15) is 5.82 Å². The van der Waals surface area contributed by atoms with Crippen LogP contribution >= 0.6 is 11.8 Å². The third-order valence-corrected chi connectivity index (χ3v) is 4.98. The molecule has 8 nitrogen and oxygen atoms in total. The van der Waals surface area contributed by atoms with Crippen LogP contribution < -0.4 is 0 Å². The second kappa shape index (κ2) is 7.12. The molecule has 0 spiro atoms. The molecule has 9 heteroatoms. The molecule has 4 rings (SSSR count). The second-order valence-electron chi connectivity index (χ2n) is 5.82. The summed E-state index contributed by atoms with van der Waals surface area (Å²) in [7, 11) is 1.84. The smallest absolute Gasteiger partial charge is 0.209 e. The Bertz CT molecular complexity index is 1000. The number of nitrogens with zero attached hydrogens (tertiary/aromatic N) is 7. The zero-order chi connectivity index (χ0) is 17.9. The van der Waals surface area contributed by atoms with E-state index in [4.69, 9.17) is 0 Å². The Morgan fingerprint density at radius 3 is 2.69 bits per heavy atom. The lowest BCUT2D eigenvalue weighted by atomic mass is 10.1. The van der Waals surface area contributed by atoms with Crippen LogP contribution in [0.4, 0.5) is 0 Å². The number of aryl methyl sites for hydroxylation is 3. The molecule has 3 heterocycles. The standard InChI is InChI=1S/C17H18N8S/c1-12-18-10-14(20-12)16-15(13-6-4-3-5-7-13)19-11-25(16)8-9-26-17-21-22-23-24(17)2/h3-7,10-11H,8-9H2,1-2H3,(H,18,20). The number of hydrogen-bond donors (Lipinski definition) is 1. The van der Waals surface area contributed by atoms with Gasteiger partial charge in [0, 0.05) is 24.9 Å². The Hall–Kier alpha value is -2.94. The third-order valence-electron chi connectivity index (χ3n) is 3.99. The Labute approximate surface area is 154 Å². The summed E-state index contributed by atoms with van der Waals surface area (Å²) in [6.07, 6.45) is 3.73. The summed E-state index contributed by atoms with van der Waals surface area (Å²) in [6.45, 7) is 2.73. The van der Waals surface area contributed by atoms with E-state index in [1.807, 2.05) is 44.7 Å². The summed E-state index contributed by atoms with van der Waals surface area (Å²) in [5, 5.41) is 12.3. The summed E-state index contributed by atoms with van der Waals surface area (Å²) in [5.41, 5.74) is 4.02. The molecule has 0 amide bonds. The topological polar surface area (TPSA) is 90.1 Å². The molecule has 0 unspecified atom stereocenters. The van der Waals surface area contributed by atoms with E-state index in [9.17, 15) is 0 Å². The van der Waals surface area contributed by atoms with Gasteiger partial charge in [-0.2, -0.15) is 0 Å². The number of aromatic amines is 1. The van der Waals surface area contributed by atoms with E-state index in [1.54, 1.807) is 16.4 Å². The SMILES string of the molecule is Cc1ncc(-c2c(-c3ccccc3)ncn2CCSc2nnnn2C)[nH]1. The van der Waals surface area contributed by atoms with Crippen molar-refractivity contribution in [1.82, 2.24) is 39.7 Å². The highest BCUT2D eigenvalue weighted by atomic mass is 32.2. The Morgan fingerprint density at radius 1 is 1.15 bits per heavy atom. The highest BCUT2D eigenvalue weighted by Crippen LogP contribution is 2.30. The van der Waals surface area contributed by atoms with Gasteiger partial charge in [0.15, 0.2) is 0 Å². The van der Waals surface area contributed by atoms with Crippen molar-refractivity contribution in [2.75, 3.05) is 5.75 Å². The third kappa shape index (κ3) is 3.25. The molecule has 1 N–H and O–H groups in total. The van der Waals surface area contributed by atoms with Crippen molar-refractivity contribution in [1.29, 1.82) is 0 Å². The van der Waals surface area contributed by atoms with E-state index < -0.39 is 0 Å². The molecule has 0 saturated heterocycles. The molecule has 0 aliphatic heterocycles. The molecule has 0 atom stereocenters. The molecule has 3 aromatic heterocycles. The molecular weight excluding hydrogens is 348 g/mol. The van der Waals surface area contributed by atoms with Crippen molar-refractivity contribution >= 4 is 11.8 Å². The fourth-order valence-electron chi connectivity index (χ4n) is 2.76. The largest absolute Gasteiger partial charge is 0.341 e. The van der Waals surface area contributed by atoms with Crippen LogP contribution in [0.3, 0.4) is 0 Å². The minimum Gasteiger partial charge on any atom is -0.341 e. The predicted octanol–water partition coefficient (Wildman–Crippen LogP) is 2.56. The Morgan fingerprint density at radius 2 is 2.00 bits per heavy atom. The molecule has 0 aliphatic rings. The van der Waals surface area contributed by atoms with Gasteiger partial charge >= 0.3 is 0 Å². The van der Waals surface area contributed by atoms with Crippen molar-refractivity contribution in [3.63, 3.8) is 0 Å². The maximum atomic E-state index is 4.67. The quantitative estimate of drug-likeness (QED) is 0.528. The zero-order valence-electron chi connectivity index (χ0n) is 14.5. The van der Waals surface area contributed by atoms with Crippen molar-refractivity contribution in [3.05, 3.63) is 48.7 Å². The Balaban J connectivity index is 1.64. The Kier molecular flexibility index (Phi) is 4.53. The van der Waals surface area contributed by atoms with Crippen LogP contribution in [0.2, 0.25) is 0 Å². The molecule has 0 fully saturated rings. The highest BCUT2D eigenvalue weighted by Gasteiger charge is 2.16. The molecule has 0 bridgehead atoms. The van der Waals surface area contributed by atoms with Crippen LogP contribution in [0.25, 0.3) is 22.6 Å². The number of nitrogens with one attached hydrogen (secondary N) is 1. The van der Waals surface area contributed by atoms with E-state index in [0.717, 1.165) is 45.9 Å². The van der Waals surface area contributed by atoms with Gasteiger partial charge in [0.05, 0.1) is 29.6 Å². The highest BCUT2D eigenvalue weighted by molar-refractivity contribution is 7.99. The van der Waals surface area contributed by atoms with E-state index >= 15 is 0 Å². The summed E-state index contributed by atoms with van der Waals surface area (Å²) >= 11 is 1.62. The summed E-state index contributed by atoms with van der Waals surface area (Å²) in [5.74, 6) is 1.71. The number of thioether (sulfide) groups is 1. The summed E-state index contributed by atoms with van der Waals surface area (Å²) in [6, 6.07) is 10.2. The van der Waals surface area contributed by atoms with E-state index in [2.05, 4.69) is 47.2 Å². The van der Waals surface area contributed by atoms with Crippen molar-refractivity contribution < 1.29 is 0 Å². The van der Waals surface area contributed by atoms with Gasteiger partial charge < -0.3 is 9.55 Å². The van der Waals surface area contributed by atoms with E-state index in [0.29, 0.717) is 0 Å². The van der Waals surface area contributed by atoms with Crippen LogP contribution in [-0.2, 0) is 13.6 Å². The van der Waals surface area contributed by atoms with Gasteiger partial charge in [-0.25, -0.2) is 14.6 Å². The van der Waals surface area contributed by atoms with E-state index in [-0.39, 0.29) is 0 Å². The average molecular weight is 366 g/mol. The lowest BCUT2D eigenvalue weighted by Crippen LogP contribution is -2.03. The average Bonchev–Trinajstić information content (AvgIpc) is 3.36. The fraction of sp³-hybridized carbons (Fsp3) is 0.235. The molecule has 132 valence electrons. The lowest BCUT2D eigenvalue weighted by molar-refractivity contribution is 0.663. The van der Waals surface area contributed by atoms with Gasteiger partial charge in [-0.05, 0) is 17.4 Å². The van der Waals surface area contributed by atoms with Gasteiger partial charge in [0.25, 0.3) is 0 Å². The van der Waals surface area contributed by atoms with Gasteiger partial charge in [-0.15, -0.1) is 5.10 Å². The van der Waals surface area contributed by atoms with Gasteiger partial charge in [0.2, 0.25) is 5.16 Å². The minimum absolute atomic E-state index is 0.783. The molecule has 0 radical (unpaired) electrons. The van der Waals surface area contributed by atoms with Crippen LogP contribution in [0, 0.1) is 6.92 Å². The molecule has 1 aromatic carbocycles. The first-order chi connectivity index (χ1) is 12.7. The number of H-pyrrole nitrogens is 1. The van der Waals surface area contributed by atoms with Crippen molar-refractivity contribution in [3.8, 4) is 22.6 Å². The zero-order valence-corrected chi connectivity index (χ0v) is 15.3. The van der Waals surface area contributed by atoms with Crippen LogP contribution in [0.1, 0.15) is 5.82 Å². The lowest BCUT2D eigenvalue weighted by Gasteiger charge is -2.08. The number of benzene rings is 1. The first-order valence-corrected chi connectivity index (χ1v) is 9.18. The predicted molar refractivity (Wildman–Crippen MR) is 99.5 cm³/mol. The van der Waals surface area contributed by atoms with Crippen LogP contribution in [-0.4, -0.2) is 45.5 Å². The second-order valence-corrected chi connectivity index (χ2v) is 6.88. The number of aromatic nitrogens is 8. The maximum absolute atomic E-state index is 4.67. The number of rotatable bonds is 6. The van der Waals surface area contributed by atoms with Crippen LogP contribution in [0.15, 0.2) is 48.0 Å². The number of tetrazole rings is 1. The maximum Gasteiger partial charge on any atom is 0.209 e. The van der Waals surface area contributed by atoms with Crippen molar-refractivity contribution in [2.24, 2.45) is 7.05 Å². The van der Waals surface area contributed by atoms with Gasteiger partial charge in [-0.1, -0.05) is 42.1 Å². The van der Waals surface area contributed by atoms with Crippen LogP contribution in [0.5, 0.6) is 0 Å². The van der Waals surface area contributed by atoms with Crippen molar-refractivity contribution in [2.45, 2.75) is 18.6 Å². The van der Waals surface area contributed by atoms with Gasteiger partial charge in [-0.3, -0.25) is 0 Å². The summed E-state index contributed by atoms with van der Waals surface area (Å²) < 4.78 is 3.82. The normalized spacial score (nSPS) is 11.2. The molecular formula is C17H18N8S. The first kappa shape index (κ1) is 16.5. The molecule has 0 aliphatic carbocycles. The molecule has 4 aromatic rings. The monoisotopic (exact) mass is 366 g/mol. The summed E-state index contributed by atoms with van der Waals surface area (Å²) in [4.78, 5) is 12.3. The molecule has 26 heavy (non-hydrogen) atoms. The minimum atomic E-state index is 0.783.